The number of carbonyl (C=O) groups excluding carboxylic acids is 1. The smallest absolute Gasteiger partial charge is 0.459 e. The molecule has 1 aromatic heterocycles. The third-order valence-electron chi connectivity index (χ3n) is 1.50. The lowest BCUT2D eigenvalue weighted by molar-refractivity contribution is -0.297. The molecule has 0 aromatic carbocycles. The highest BCUT2D eigenvalue weighted by atomic mass is 19.4. The number of esters is 1. The number of hydrogen-bond donors (Lipinski definition) is 0. The molecule has 10 heteroatoms. The van der Waals surface area contributed by atoms with Gasteiger partial charge >= 0.3 is 24.0 Å². The van der Waals surface area contributed by atoms with Gasteiger partial charge in [-0.2, -0.15) is 22.0 Å². The van der Waals surface area contributed by atoms with Crippen LogP contribution in [-0.2, 0) is 10.7 Å². The first kappa shape index (κ1) is 13.3. The minimum absolute atomic E-state index is 0.119. The number of ether oxygens (including phenoxy) is 1. The highest BCUT2D eigenvalue weighted by Gasteiger charge is 2.63. The molecule has 0 aliphatic rings. The fraction of sp³-hybridized carbons (Fsp3) is 0.571. The summed E-state index contributed by atoms with van der Waals surface area (Å²) >= 11 is 0. The van der Waals surface area contributed by atoms with Gasteiger partial charge in [-0.05, 0) is 6.92 Å². The first-order valence-corrected chi connectivity index (χ1v) is 4.15. The Morgan fingerprint density at radius 1 is 1.29 bits per heavy atom. The van der Waals surface area contributed by atoms with Crippen LogP contribution in [0.4, 0.5) is 22.0 Å². The largest absolute Gasteiger partial charge is 0.463 e. The lowest BCUT2D eigenvalue weighted by Crippen LogP contribution is -2.34. The van der Waals surface area contributed by atoms with Gasteiger partial charge in [0, 0.05) is 0 Å². The van der Waals surface area contributed by atoms with Crippen LogP contribution >= 0.6 is 0 Å². The first-order chi connectivity index (χ1) is 7.70. The van der Waals surface area contributed by atoms with Crippen molar-refractivity contribution in [3.05, 3.63) is 11.8 Å². The fourth-order valence-electron chi connectivity index (χ4n) is 0.747. The van der Waals surface area contributed by atoms with Crippen LogP contribution in [0, 0.1) is 0 Å². The van der Waals surface area contributed by atoms with Gasteiger partial charge in [0.1, 0.15) is 0 Å². The normalized spacial score (nSPS) is 12.6. The summed E-state index contributed by atoms with van der Waals surface area (Å²) in [4.78, 5) is 10.9. The van der Waals surface area contributed by atoms with E-state index < -0.39 is 29.8 Å². The van der Waals surface area contributed by atoms with Crippen LogP contribution < -0.4 is 0 Å². The molecule has 0 saturated carbocycles. The summed E-state index contributed by atoms with van der Waals surface area (Å²) in [7, 11) is 0. The van der Waals surface area contributed by atoms with Gasteiger partial charge in [-0.1, -0.05) is 0 Å². The van der Waals surface area contributed by atoms with Crippen LogP contribution in [0.3, 0.4) is 0 Å². The molecule has 0 atom stereocenters. The zero-order valence-corrected chi connectivity index (χ0v) is 8.22. The maximum absolute atomic E-state index is 12.7. The number of carbonyl (C=O) groups is 1. The van der Waals surface area contributed by atoms with E-state index in [9.17, 15) is 26.7 Å². The molecule has 0 unspecified atom stereocenters. The molecule has 0 spiro atoms. The quantitative estimate of drug-likeness (QED) is 0.613. The molecule has 5 nitrogen and oxygen atoms in total. The second kappa shape index (κ2) is 4.26. The Morgan fingerprint density at radius 3 is 2.35 bits per heavy atom. The second-order valence-corrected chi connectivity index (χ2v) is 2.70. The van der Waals surface area contributed by atoms with Gasteiger partial charge < -0.3 is 9.15 Å². The standard InChI is InChI=1S/C7H5F5N2O3/c1-2-16-4(15)3-13-14-5(17-3)6(8,9)7(10,11)12/h2H2,1H3. The lowest BCUT2D eigenvalue weighted by atomic mass is 10.3. The summed E-state index contributed by atoms with van der Waals surface area (Å²) in [5.41, 5.74) is 0. The SMILES string of the molecule is CCOC(=O)c1nnc(C(F)(F)C(F)(F)F)o1. The van der Waals surface area contributed by atoms with Crippen LogP contribution in [0.15, 0.2) is 4.42 Å². The van der Waals surface area contributed by atoms with Gasteiger partial charge in [0.25, 0.3) is 5.89 Å². The molecular formula is C7H5F5N2O3. The van der Waals surface area contributed by atoms with Crippen LogP contribution in [0.1, 0.15) is 23.5 Å². The van der Waals surface area contributed by atoms with Gasteiger partial charge in [-0.3, -0.25) is 0 Å². The van der Waals surface area contributed by atoms with E-state index in [4.69, 9.17) is 0 Å². The van der Waals surface area contributed by atoms with E-state index >= 15 is 0 Å². The summed E-state index contributed by atoms with van der Waals surface area (Å²) in [5, 5.41) is 5.21. The van der Waals surface area contributed by atoms with E-state index in [0.29, 0.717) is 0 Å². The van der Waals surface area contributed by atoms with Crippen molar-refractivity contribution in [2.24, 2.45) is 0 Å². The highest BCUT2D eigenvalue weighted by molar-refractivity contribution is 5.83. The molecule has 1 heterocycles. The molecule has 0 fully saturated rings. The Morgan fingerprint density at radius 2 is 1.88 bits per heavy atom. The summed E-state index contributed by atoms with van der Waals surface area (Å²) in [6.45, 7) is 1.28. The van der Waals surface area contributed by atoms with E-state index in [1.807, 2.05) is 0 Å². The summed E-state index contributed by atoms with van der Waals surface area (Å²) < 4.78 is 69.2. The van der Waals surface area contributed by atoms with Gasteiger partial charge in [0.05, 0.1) is 6.61 Å². The van der Waals surface area contributed by atoms with Crippen molar-refractivity contribution in [2.75, 3.05) is 6.61 Å². The zero-order chi connectivity index (χ0) is 13.3. The molecular weight excluding hydrogens is 255 g/mol. The van der Waals surface area contributed by atoms with Crippen molar-refractivity contribution in [1.82, 2.24) is 10.2 Å². The maximum atomic E-state index is 12.7. The van der Waals surface area contributed by atoms with Crippen LogP contribution in [0.5, 0.6) is 0 Å². The Labute approximate surface area is 90.6 Å². The van der Waals surface area contributed by atoms with E-state index in [0.717, 1.165) is 0 Å². The zero-order valence-electron chi connectivity index (χ0n) is 8.22. The van der Waals surface area contributed by atoms with Gasteiger partial charge in [0.15, 0.2) is 0 Å². The monoisotopic (exact) mass is 260 g/mol. The summed E-state index contributed by atoms with van der Waals surface area (Å²) in [6, 6.07) is 0. The predicted molar refractivity (Wildman–Crippen MR) is 40.2 cm³/mol. The fourth-order valence-corrected chi connectivity index (χ4v) is 0.747. The van der Waals surface area contributed by atoms with Crippen molar-refractivity contribution in [3.8, 4) is 0 Å². The van der Waals surface area contributed by atoms with E-state index in [2.05, 4.69) is 19.4 Å². The Bertz CT molecular complexity index is 414. The van der Waals surface area contributed by atoms with Crippen LogP contribution in [0.25, 0.3) is 0 Å². The summed E-state index contributed by atoms with van der Waals surface area (Å²) in [6.07, 6.45) is -5.88. The third kappa shape index (κ3) is 2.50. The highest BCUT2D eigenvalue weighted by Crippen LogP contribution is 2.42. The molecule has 1 rings (SSSR count). The number of alkyl halides is 5. The van der Waals surface area contributed by atoms with Gasteiger partial charge in [-0.15, -0.1) is 10.2 Å². The molecule has 0 bridgehead atoms. The van der Waals surface area contributed by atoms with E-state index in [-0.39, 0.29) is 6.61 Å². The van der Waals surface area contributed by atoms with E-state index in [1.54, 1.807) is 0 Å². The van der Waals surface area contributed by atoms with Crippen molar-refractivity contribution in [2.45, 2.75) is 19.0 Å². The minimum Gasteiger partial charge on any atom is -0.459 e. The number of halogens is 5. The van der Waals surface area contributed by atoms with Crippen molar-refractivity contribution in [3.63, 3.8) is 0 Å². The average Bonchev–Trinajstić information content (AvgIpc) is 2.65. The van der Waals surface area contributed by atoms with Crippen LogP contribution in [0.2, 0.25) is 0 Å². The number of nitrogens with zero attached hydrogens (tertiary/aromatic N) is 2. The van der Waals surface area contributed by atoms with Crippen molar-refractivity contribution < 1.29 is 35.9 Å². The molecule has 96 valence electrons. The molecule has 1 aromatic rings. The van der Waals surface area contributed by atoms with Gasteiger partial charge in [0.2, 0.25) is 0 Å². The van der Waals surface area contributed by atoms with Crippen molar-refractivity contribution >= 4 is 5.97 Å². The van der Waals surface area contributed by atoms with Crippen molar-refractivity contribution in [1.29, 1.82) is 0 Å². The number of hydrogen-bond acceptors (Lipinski definition) is 5. The van der Waals surface area contributed by atoms with Gasteiger partial charge in [-0.25, -0.2) is 4.79 Å². The minimum atomic E-state index is -5.88. The van der Waals surface area contributed by atoms with Crippen LogP contribution in [-0.4, -0.2) is 28.9 Å². The number of aromatic nitrogens is 2. The molecule has 0 amide bonds. The molecule has 0 N–H and O–H groups in total. The average molecular weight is 260 g/mol. The first-order valence-electron chi connectivity index (χ1n) is 4.15. The molecule has 0 radical (unpaired) electrons. The summed E-state index contributed by atoms with van der Waals surface area (Å²) in [5.74, 6) is -9.66. The Hall–Kier alpha value is -1.74. The Balaban J connectivity index is 2.99. The molecule has 17 heavy (non-hydrogen) atoms. The number of rotatable bonds is 3. The predicted octanol–water partition coefficient (Wildman–Crippen LogP) is 1.90. The topological polar surface area (TPSA) is 65.2 Å². The van der Waals surface area contributed by atoms with E-state index in [1.165, 1.54) is 6.92 Å². The molecule has 0 saturated heterocycles. The Kier molecular flexibility index (Phi) is 3.34. The molecule has 0 aliphatic carbocycles. The third-order valence-corrected chi connectivity index (χ3v) is 1.50. The molecule has 0 aliphatic heterocycles. The maximum Gasteiger partial charge on any atom is 0.463 e. The lowest BCUT2D eigenvalue weighted by Gasteiger charge is -2.14. The second-order valence-electron chi connectivity index (χ2n) is 2.70.